The van der Waals surface area contributed by atoms with E-state index in [1.807, 2.05) is 29.8 Å². The molecule has 0 radical (unpaired) electrons. The van der Waals surface area contributed by atoms with Gasteiger partial charge in [0.2, 0.25) is 0 Å². The molecule has 35 heavy (non-hydrogen) atoms. The highest BCUT2D eigenvalue weighted by Gasteiger charge is 2.30. The minimum atomic E-state index is -1.10. The minimum absolute atomic E-state index is 0.163. The molecule has 3 heterocycles. The Hall–Kier alpha value is -2.23. The van der Waals surface area contributed by atoms with Crippen LogP contribution < -0.4 is 4.74 Å². The number of aliphatic carboxylic acids is 1. The van der Waals surface area contributed by atoms with Crippen LogP contribution in [-0.2, 0) is 4.79 Å². The fraction of sp³-hybridized carbons (Fsp3) is 0.500. The molecule has 2 aromatic heterocycles. The summed E-state index contributed by atoms with van der Waals surface area (Å²) < 4.78 is 21.9. The van der Waals surface area contributed by atoms with Gasteiger partial charge in [-0.05, 0) is 73.9 Å². The number of benzene rings is 1. The molecule has 0 saturated carbocycles. The lowest BCUT2D eigenvalue weighted by Crippen LogP contribution is -2.41. The number of aromatic nitrogens is 2. The largest absolute Gasteiger partial charge is 0.497 e. The van der Waals surface area contributed by atoms with E-state index in [0.29, 0.717) is 30.1 Å². The smallest absolute Gasteiger partial charge is 0.303 e. The number of carboxylic acids is 1. The van der Waals surface area contributed by atoms with Crippen molar-refractivity contribution in [1.82, 2.24) is 14.9 Å². The zero-order chi connectivity index (χ0) is 24.6. The van der Waals surface area contributed by atoms with Gasteiger partial charge in [0, 0.05) is 48.4 Å². The van der Waals surface area contributed by atoms with Gasteiger partial charge in [-0.1, -0.05) is 11.8 Å². The van der Waals surface area contributed by atoms with Crippen molar-refractivity contribution in [2.75, 3.05) is 32.5 Å². The van der Waals surface area contributed by atoms with Crippen molar-refractivity contribution < 1.29 is 19.0 Å². The molecule has 3 atom stereocenters. The molecule has 0 amide bonds. The van der Waals surface area contributed by atoms with E-state index < -0.39 is 12.1 Å². The molecule has 1 N–H and O–H groups in total. The molecular weight excluding hydrogens is 485 g/mol. The van der Waals surface area contributed by atoms with Gasteiger partial charge in [-0.2, -0.15) is 0 Å². The summed E-state index contributed by atoms with van der Waals surface area (Å²) in [5, 5.41) is 12.0. The first-order chi connectivity index (χ1) is 17.0. The predicted molar refractivity (Wildman–Crippen MR) is 139 cm³/mol. The zero-order valence-corrected chi connectivity index (χ0v) is 21.6. The van der Waals surface area contributed by atoms with Gasteiger partial charge in [0.25, 0.3) is 0 Å². The van der Waals surface area contributed by atoms with Crippen LogP contribution in [-0.4, -0.2) is 58.4 Å². The van der Waals surface area contributed by atoms with Crippen LogP contribution in [0, 0.1) is 11.8 Å². The Morgan fingerprint density at radius 2 is 2.17 bits per heavy atom. The number of ether oxygens (including phenoxy) is 1. The van der Waals surface area contributed by atoms with Gasteiger partial charge in [-0.3, -0.25) is 9.78 Å². The number of rotatable bonds is 12. The maximum atomic E-state index is 15.5. The van der Waals surface area contributed by atoms with Gasteiger partial charge in [0.1, 0.15) is 16.3 Å². The van der Waals surface area contributed by atoms with Crippen LogP contribution in [0.15, 0.2) is 46.4 Å². The number of carboxylic acid groups (broad SMARTS) is 1. The lowest BCUT2D eigenvalue weighted by molar-refractivity contribution is -0.137. The molecule has 1 saturated heterocycles. The Morgan fingerprint density at radius 1 is 1.29 bits per heavy atom. The van der Waals surface area contributed by atoms with Crippen molar-refractivity contribution in [3.63, 3.8) is 0 Å². The number of thioether (sulfide) groups is 1. The van der Waals surface area contributed by atoms with Crippen molar-refractivity contribution >= 4 is 40.0 Å². The summed E-state index contributed by atoms with van der Waals surface area (Å²) in [7, 11) is 1.60. The summed E-state index contributed by atoms with van der Waals surface area (Å²) in [6, 6.07) is 7.30. The van der Waals surface area contributed by atoms with Crippen LogP contribution in [0.25, 0.3) is 10.9 Å². The van der Waals surface area contributed by atoms with Crippen LogP contribution in [0.2, 0.25) is 0 Å². The van der Waals surface area contributed by atoms with Gasteiger partial charge in [0.05, 0.1) is 12.6 Å². The quantitative estimate of drug-likeness (QED) is 0.292. The summed E-state index contributed by atoms with van der Waals surface area (Å²) in [5.41, 5.74) is 1.40. The number of likely N-dealkylation sites (tertiary alicyclic amines) is 1. The van der Waals surface area contributed by atoms with E-state index in [2.05, 4.69) is 14.9 Å². The number of piperidine rings is 1. The van der Waals surface area contributed by atoms with Crippen LogP contribution in [0.3, 0.4) is 0 Å². The molecule has 3 aromatic rings. The van der Waals surface area contributed by atoms with Gasteiger partial charge < -0.3 is 14.7 Å². The monoisotopic (exact) mass is 517 g/mol. The second-order valence-corrected chi connectivity index (χ2v) is 11.3. The molecular formula is C26H32FN3O3S2. The van der Waals surface area contributed by atoms with Gasteiger partial charge >= 0.3 is 5.97 Å². The van der Waals surface area contributed by atoms with Gasteiger partial charge in [-0.25, -0.2) is 9.37 Å². The highest BCUT2D eigenvalue weighted by molar-refractivity contribution is 8.01. The van der Waals surface area contributed by atoms with Crippen molar-refractivity contribution in [3.8, 4) is 5.75 Å². The third kappa shape index (κ3) is 7.15. The van der Waals surface area contributed by atoms with E-state index in [1.165, 1.54) is 0 Å². The summed E-state index contributed by atoms with van der Waals surface area (Å²) >= 11 is 3.42. The summed E-state index contributed by atoms with van der Waals surface area (Å²) in [4.78, 5) is 22.4. The molecule has 1 unspecified atom stereocenters. The third-order valence-corrected chi connectivity index (χ3v) is 8.80. The number of fused-ring (bicyclic) bond motifs is 1. The van der Waals surface area contributed by atoms with Crippen LogP contribution in [0.1, 0.15) is 43.8 Å². The summed E-state index contributed by atoms with van der Waals surface area (Å²) in [6.07, 6.45) is 5.34. The summed E-state index contributed by atoms with van der Waals surface area (Å²) in [6.45, 7) is 2.80. The molecule has 0 bridgehead atoms. The second kappa shape index (κ2) is 12.6. The molecule has 1 fully saturated rings. The van der Waals surface area contributed by atoms with Crippen LogP contribution >= 0.6 is 23.1 Å². The Kier molecular flexibility index (Phi) is 9.34. The van der Waals surface area contributed by atoms with E-state index in [4.69, 9.17) is 4.74 Å². The predicted octanol–water partition coefficient (Wildman–Crippen LogP) is 6.09. The third-order valence-electron chi connectivity index (χ3n) is 6.86. The lowest BCUT2D eigenvalue weighted by Gasteiger charge is -2.39. The molecule has 4 rings (SSSR count). The summed E-state index contributed by atoms with van der Waals surface area (Å²) in [5.74, 6) is 1.49. The fourth-order valence-corrected chi connectivity index (χ4v) is 6.69. The number of alkyl halides is 1. The highest BCUT2D eigenvalue weighted by Crippen LogP contribution is 2.36. The van der Waals surface area contributed by atoms with E-state index >= 15 is 4.39 Å². The normalized spacial score (nSPS) is 19.6. The van der Waals surface area contributed by atoms with Gasteiger partial charge in [0.15, 0.2) is 0 Å². The molecule has 6 nitrogen and oxygen atoms in total. The van der Waals surface area contributed by atoms with E-state index in [0.717, 1.165) is 53.5 Å². The molecule has 1 aliphatic rings. The number of methoxy groups -OCH3 is 1. The van der Waals surface area contributed by atoms with E-state index in [-0.39, 0.29) is 12.3 Å². The zero-order valence-electron chi connectivity index (χ0n) is 19.9. The average Bonchev–Trinajstić information content (AvgIpc) is 3.39. The van der Waals surface area contributed by atoms with E-state index in [9.17, 15) is 9.90 Å². The number of hydrogen-bond acceptors (Lipinski definition) is 7. The molecule has 188 valence electrons. The number of halogens is 1. The highest BCUT2D eigenvalue weighted by atomic mass is 32.2. The molecule has 0 aliphatic carbocycles. The number of thiazole rings is 1. The van der Waals surface area contributed by atoms with Crippen molar-refractivity contribution in [1.29, 1.82) is 0 Å². The number of carbonyl (C=O) groups is 1. The van der Waals surface area contributed by atoms with Crippen molar-refractivity contribution in [3.05, 3.63) is 47.6 Å². The Labute approximate surface area is 213 Å². The molecule has 0 spiro atoms. The lowest BCUT2D eigenvalue weighted by atomic mass is 9.79. The van der Waals surface area contributed by atoms with Crippen LogP contribution in [0.4, 0.5) is 4.39 Å². The first-order valence-corrected chi connectivity index (χ1v) is 13.9. The topological polar surface area (TPSA) is 75.5 Å². The van der Waals surface area contributed by atoms with Crippen molar-refractivity contribution in [2.24, 2.45) is 11.8 Å². The first-order valence-electron chi connectivity index (χ1n) is 12.1. The van der Waals surface area contributed by atoms with E-state index in [1.54, 1.807) is 42.5 Å². The average molecular weight is 518 g/mol. The Bertz CT molecular complexity index is 1100. The number of hydrogen-bond donors (Lipinski definition) is 1. The molecule has 9 heteroatoms. The maximum Gasteiger partial charge on any atom is 0.303 e. The Balaban J connectivity index is 1.36. The molecule has 1 aromatic carbocycles. The number of nitrogens with zero attached hydrogens (tertiary/aromatic N) is 3. The van der Waals surface area contributed by atoms with Gasteiger partial charge in [-0.15, -0.1) is 11.3 Å². The standard InChI is InChI=1S/C26H32FN3O3S2/c1-33-20-4-6-24-22(16-20)21(8-10-28-24)23(27)5-2-18-9-12-30(17-19(18)3-7-25(31)32)13-15-35-26-29-11-14-34-26/h4,6,8,10-11,14,16,18-19,23H,2-3,5,7,9,12-13,15,17H2,1H3,(H,31,32)/t18-,19+,23?/m1/s1. The second-order valence-electron chi connectivity index (χ2n) is 9.02. The first kappa shape index (κ1) is 25.9. The maximum absolute atomic E-state index is 15.5. The molecule has 1 aliphatic heterocycles. The number of pyridine rings is 1. The SMILES string of the molecule is COc1ccc2nccc(C(F)CC[C@@H]3CCN(CCSc4nccs4)C[C@@H]3CCC(=O)O)c2c1. The minimum Gasteiger partial charge on any atom is -0.497 e. The fourth-order valence-electron chi connectivity index (χ4n) is 4.98. The van der Waals surface area contributed by atoms with Crippen LogP contribution in [0.5, 0.6) is 5.75 Å². The Morgan fingerprint density at radius 3 is 2.94 bits per heavy atom. The van der Waals surface area contributed by atoms with Crippen molar-refractivity contribution in [2.45, 2.75) is 42.6 Å².